The molecule has 0 spiro atoms. The van der Waals surface area contributed by atoms with E-state index in [9.17, 15) is 0 Å². The summed E-state index contributed by atoms with van der Waals surface area (Å²) >= 11 is 0. The Bertz CT molecular complexity index is 633. The third-order valence-corrected chi connectivity index (χ3v) is 4.14. The minimum absolute atomic E-state index is 0. The maximum absolute atomic E-state index is 4.99. The van der Waals surface area contributed by atoms with Crippen molar-refractivity contribution in [2.45, 2.75) is 27.2 Å². The van der Waals surface area contributed by atoms with Gasteiger partial charge in [-0.05, 0) is 49.1 Å². The summed E-state index contributed by atoms with van der Waals surface area (Å²) in [5, 5.41) is 4.71. The van der Waals surface area contributed by atoms with Gasteiger partial charge in [0.05, 0.1) is 5.52 Å². The van der Waals surface area contributed by atoms with Crippen molar-refractivity contribution in [3.63, 3.8) is 0 Å². The second kappa shape index (κ2) is 6.63. The van der Waals surface area contributed by atoms with Gasteiger partial charge in [0.1, 0.15) is 5.82 Å². The summed E-state index contributed by atoms with van der Waals surface area (Å²) in [5.41, 5.74) is 5.12. The number of aryl methyl sites for hydroxylation is 3. The zero-order chi connectivity index (χ0) is 14.1. The van der Waals surface area contributed by atoms with Crippen LogP contribution in [0.3, 0.4) is 0 Å². The van der Waals surface area contributed by atoms with Crippen LogP contribution < -0.4 is 10.2 Å². The molecule has 1 aliphatic heterocycles. The molecule has 0 unspecified atom stereocenters. The van der Waals surface area contributed by atoms with Gasteiger partial charge in [0.15, 0.2) is 0 Å². The molecule has 2 heterocycles. The van der Waals surface area contributed by atoms with Gasteiger partial charge in [0, 0.05) is 31.6 Å². The van der Waals surface area contributed by atoms with Crippen LogP contribution in [0.15, 0.2) is 18.2 Å². The van der Waals surface area contributed by atoms with Crippen LogP contribution in [0.2, 0.25) is 0 Å². The van der Waals surface area contributed by atoms with E-state index in [1.54, 1.807) is 0 Å². The molecule has 0 radical (unpaired) electrons. The second-order valence-electron chi connectivity index (χ2n) is 5.71. The zero-order valence-corrected chi connectivity index (χ0v) is 13.9. The Morgan fingerprint density at radius 3 is 2.52 bits per heavy atom. The third kappa shape index (κ3) is 3.14. The molecule has 0 saturated carbocycles. The van der Waals surface area contributed by atoms with Gasteiger partial charge < -0.3 is 10.2 Å². The second-order valence-corrected chi connectivity index (χ2v) is 5.71. The molecule has 1 aromatic heterocycles. The molecular formula is C17H24ClN3. The van der Waals surface area contributed by atoms with Crippen LogP contribution in [-0.4, -0.2) is 31.2 Å². The van der Waals surface area contributed by atoms with Crippen LogP contribution in [0.4, 0.5) is 5.82 Å². The lowest BCUT2D eigenvalue weighted by Gasteiger charge is -2.30. The van der Waals surface area contributed by atoms with Gasteiger partial charge >= 0.3 is 0 Å². The number of piperazine rings is 1. The smallest absolute Gasteiger partial charge is 0.132 e. The molecular weight excluding hydrogens is 282 g/mol. The third-order valence-electron chi connectivity index (χ3n) is 4.14. The molecule has 21 heavy (non-hydrogen) atoms. The Kier molecular flexibility index (Phi) is 5.07. The first-order valence-electron chi connectivity index (χ1n) is 7.55. The van der Waals surface area contributed by atoms with Crippen LogP contribution in [0, 0.1) is 13.8 Å². The summed E-state index contributed by atoms with van der Waals surface area (Å²) < 4.78 is 0. The number of aromatic nitrogens is 1. The van der Waals surface area contributed by atoms with E-state index in [1.165, 1.54) is 27.9 Å². The fourth-order valence-corrected chi connectivity index (χ4v) is 3.07. The molecule has 0 amide bonds. The average molecular weight is 306 g/mol. The topological polar surface area (TPSA) is 28.2 Å². The van der Waals surface area contributed by atoms with E-state index >= 15 is 0 Å². The molecule has 1 fully saturated rings. The van der Waals surface area contributed by atoms with Crippen LogP contribution in [0.25, 0.3) is 10.9 Å². The van der Waals surface area contributed by atoms with Gasteiger partial charge in [-0.1, -0.05) is 13.0 Å². The molecule has 0 atom stereocenters. The van der Waals surface area contributed by atoms with E-state index in [-0.39, 0.29) is 12.4 Å². The first-order chi connectivity index (χ1) is 9.69. The highest BCUT2D eigenvalue weighted by molar-refractivity contribution is 5.86. The monoisotopic (exact) mass is 305 g/mol. The van der Waals surface area contributed by atoms with Gasteiger partial charge in [0.2, 0.25) is 0 Å². The lowest BCUT2D eigenvalue weighted by atomic mass is 10.0. The number of rotatable bonds is 2. The van der Waals surface area contributed by atoms with Crippen LogP contribution >= 0.6 is 12.4 Å². The van der Waals surface area contributed by atoms with Crippen molar-refractivity contribution in [3.8, 4) is 0 Å². The Morgan fingerprint density at radius 1 is 1.14 bits per heavy atom. The van der Waals surface area contributed by atoms with Crippen molar-refractivity contribution >= 4 is 29.1 Å². The number of nitrogens with zero attached hydrogens (tertiary/aromatic N) is 2. The van der Waals surface area contributed by atoms with Gasteiger partial charge in [-0.25, -0.2) is 4.98 Å². The highest BCUT2D eigenvalue weighted by atomic mass is 35.5. The normalized spacial score (nSPS) is 15.1. The Morgan fingerprint density at radius 2 is 1.86 bits per heavy atom. The number of hydrogen-bond acceptors (Lipinski definition) is 3. The molecule has 0 bridgehead atoms. The lowest BCUT2D eigenvalue weighted by molar-refractivity contribution is 0.584. The first-order valence-corrected chi connectivity index (χ1v) is 7.55. The highest BCUT2D eigenvalue weighted by Gasteiger charge is 2.16. The summed E-state index contributed by atoms with van der Waals surface area (Å²) in [6, 6.07) is 6.79. The van der Waals surface area contributed by atoms with Crippen molar-refractivity contribution in [1.82, 2.24) is 10.3 Å². The number of anilines is 1. The summed E-state index contributed by atoms with van der Waals surface area (Å²) in [6.07, 6.45) is 1.04. The molecule has 1 saturated heterocycles. The maximum atomic E-state index is 4.99. The molecule has 2 aromatic rings. The first kappa shape index (κ1) is 16.1. The van der Waals surface area contributed by atoms with Crippen LogP contribution in [-0.2, 0) is 6.42 Å². The quantitative estimate of drug-likeness (QED) is 0.923. The van der Waals surface area contributed by atoms with Crippen molar-refractivity contribution in [2.24, 2.45) is 0 Å². The maximum Gasteiger partial charge on any atom is 0.132 e. The Hall–Kier alpha value is -1.32. The fourth-order valence-electron chi connectivity index (χ4n) is 3.07. The molecule has 114 valence electrons. The lowest BCUT2D eigenvalue weighted by Crippen LogP contribution is -2.44. The summed E-state index contributed by atoms with van der Waals surface area (Å²) in [6.45, 7) is 10.8. The Labute approximate surface area is 133 Å². The SMILES string of the molecule is CCc1cc2c(C)cc(C)cc2nc1N1CCNCC1.Cl. The molecule has 1 aliphatic rings. The van der Waals surface area contributed by atoms with E-state index in [4.69, 9.17) is 4.98 Å². The van der Waals surface area contributed by atoms with E-state index in [0.29, 0.717) is 0 Å². The van der Waals surface area contributed by atoms with Crippen molar-refractivity contribution in [3.05, 3.63) is 34.9 Å². The van der Waals surface area contributed by atoms with Crippen molar-refractivity contribution in [1.29, 1.82) is 0 Å². The number of halogens is 1. The minimum Gasteiger partial charge on any atom is -0.354 e. The van der Waals surface area contributed by atoms with Gasteiger partial charge in [-0.15, -0.1) is 12.4 Å². The number of pyridine rings is 1. The van der Waals surface area contributed by atoms with Crippen molar-refractivity contribution in [2.75, 3.05) is 31.1 Å². The number of hydrogen-bond donors (Lipinski definition) is 1. The fraction of sp³-hybridized carbons (Fsp3) is 0.471. The van der Waals surface area contributed by atoms with Crippen LogP contribution in [0.1, 0.15) is 23.6 Å². The minimum atomic E-state index is 0. The zero-order valence-electron chi connectivity index (χ0n) is 13.1. The van der Waals surface area contributed by atoms with Crippen LogP contribution in [0.5, 0.6) is 0 Å². The predicted octanol–water partition coefficient (Wildman–Crippen LogP) is 3.25. The van der Waals surface area contributed by atoms with Gasteiger partial charge in [-0.2, -0.15) is 0 Å². The van der Waals surface area contributed by atoms with Gasteiger partial charge in [-0.3, -0.25) is 0 Å². The molecule has 3 rings (SSSR count). The molecule has 1 N–H and O–H groups in total. The molecule has 1 aromatic carbocycles. The standard InChI is InChI=1S/C17H23N3.ClH/c1-4-14-11-15-13(3)9-12(2)10-16(15)19-17(14)20-7-5-18-6-8-20;/h9-11,18H,4-8H2,1-3H3;1H. The van der Waals surface area contributed by atoms with E-state index < -0.39 is 0 Å². The summed E-state index contributed by atoms with van der Waals surface area (Å²) in [4.78, 5) is 7.41. The summed E-state index contributed by atoms with van der Waals surface area (Å²) in [5.74, 6) is 1.19. The molecule has 3 nitrogen and oxygen atoms in total. The molecule has 4 heteroatoms. The highest BCUT2D eigenvalue weighted by Crippen LogP contribution is 2.27. The number of benzene rings is 1. The van der Waals surface area contributed by atoms with Gasteiger partial charge in [0.25, 0.3) is 0 Å². The van der Waals surface area contributed by atoms with E-state index in [1.807, 2.05) is 0 Å². The predicted molar refractivity (Wildman–Crippen MR) is 92.9 cm³/mol. The largest absolute Gasteiger partial charge is 0.354 e. The van der Waals surface area contributed by atoms with E-state index in [0.717, 1.165) is 38.1 Å². The molecule has 0 aliphatic carbocycles. The number of fused-ring (bicyclic) bond motifs is 1. The average Bonchev–Trinajstić information content (AvgIpc) is 2.47. The number of nitrogens with one attached hydrogen (secondary N) is 1. The Balaban J connectivity index is 0.00000161. The van der Waals surface area contributed by atoms with E-state index in [2.05, 4.69) is 49.2 Å². The summed E-state index contributed by atoms with van der Waals surface area (Å²) in [7, 11) is 0. The van der Waals surface area contributed by atoms with Crippen molar-refractivity contribution < 1.29 is 0 Å².